The van der Waals surface area contributed by atoms with E-state index < -0.39 is 5.60 Å². The van der Waals surface area contributed by atoms with Crippen LogP contribution >= 0.6 is 0 Å². The van der Waals surface area contributed by atoms with Gasteiger partial charge in [0.25, 0.3) is 0 Å². The molecule has 17 heavy (non-hydrogen) atoms. The molecule has 0 aromatic carbocycles. The first-order valence-corrected chi connectivity index (χ1v) is 6.67. The number of esters is 1. The lowest BCUT2D eigenvalue weighted by Crippen LogP contribution is -2.30. The average molecular weight is 240 g/mol. The zero-order valence-electron chi connectivity index (χ0n) is 10.3. The van der Waals surface area contributed by atoms with Crippen molar-refractivity contribution in [3.8, 4) is 0 Å². The summed E-state index contributed by atoms with van der Waals surface area (Å²) in [5.74, 6) is 0.349. The van der Waals surface area contributed by atoms with Crippen LogP contribution in [-0.2, 0) is 19.0 Å². The van der Waals surface area contributed by atoms with E-state index in [0.29, 0.717) is 12.5 Å². The molecule has 2 aliphatic heterocycles. The molecule has 0 spiro atoms. The summed E-state index contributed by atoms with van der Waals surface area (Å²) in [7, 11) is 0. The van der Waals surface area contributed by atoms with Crippen molar-refractivity contribution in [3.05, 3.63) is 0 Å². The van der Waals surface area contributed by atoms with Crippen LogP contribution in [0.1, 0.15) is 39.0 Å². The van der Waals surface area contributed by atoms with E-state index in [0.717, 1.165) is 6.61 Å². The molecule has 4 heteroatoms. The second kappa shape index (κ2) is 4.25. The fourth-order valence-corrected chi connectivity index (χ4v) is 2.85. The van der Waals surface area contributed by atoms with Gasteiger partial charge in [0.2, 0.25) is 0 Å². The molecule has 1 aliphatic carbocycles. The third kappa shape index (κ3) is 2.33. The summed E-state index contributed by atoms with van der Waals surface area (Å²) >= 11 is 0. The lowest BCUT2D eigenvalue weighted by molar-refractivity contribution is -0.149. The minimum atomic E-state index is -0.670. The van der Waals surface area contributed by atoms with Gasteiger partial charge in [0.15, 0.2) is 5.60 Å². The highest BCUT2D eigenvalue weighted by Gasteiger charge is 2.62. The summed E-state index contributed by atoms with van der Waals surface area (Å²) in [6.45, 7) is 2.97. The van der Waals surface area contributed by atoms with Crippen LogP contribution in [0.15, 0.2) is 0 Å². The highest BCUT2D eigenvalue weighted by Crippen LogP contribution is 2.46. The monoisotopic (exact) mass is 240 g/mol. The Morgan fingerprint density at radius 3 is 2.71 bits per heavy atom. The Morgan fingerprint density at radius 1 is 1.35 bits per heavy atom. The van der Waals surface area contributed by atoms with E-state index in [1.807, 2.05) is 6.92 Å². The molecular formula is C13H20O4. The maximum absolute atomic E-state index is 11.9. The molecule has 0 aromatic rings. The number of hydrogen-bond donors (Lipinski definition) is 0. The number of epoxide rings is 2. The van der Waals surface area contributed by atoms with Crippen LogP contribution in [0.3, 0.4) is 0 Å². The minimum absolute atomic E-state index is 0.0930. The Hall–Kier alpha value is -0.610. The minimum Gasteiger partial charge on any atom is -0.461 e. The molecule has 0 bridgehead atoms. The summed E-state index contributed by atoms with van der Waals surface area (Å²) in [6.07, 6.45) is 6.48. The van der Waals surface area contributed by atoms with Gasteiger partial charge in [-0.1, -0.05) is 19.3 Å². The van der Waals surface area contributed by atoms with Crippen LogP contribution in [0.2, 0.25) is 0 Å². The SMILES string of the molecule is CC1(C(=O)OCC2CO2)OC1C1CCCCC1. The molecule has 0 N–H and O–H groups in total. The van der Waals surface area contributed by atoms with Crippen molar-refractivity contribution in [1.82, 2.24) is 0 Å². The van der Waals surface area contributed by atoms with Crippen molar-refractivity contribution in [2.45, 2.75) is 56.8 Å². The molecular weight excluding hydrogens is 220 g/mol. The Bertz CT molecular complexity index is 307. The van der Waals surface area contributed by atoms with E-state index >= 15 is 0 Å². The first kappa shape index (κ1) is 11.5. The zero-order chi connectivity index (χ0) is 11.9. The second-order valence-electron chi connectivity index (χ2n) is 5.60. The highest BCUT2D eigenvalue weighted by molar-refractivity contribution is 5.83. The van der Waals surface area contributed by atoms with Crippen molar-refractivity contribution in [3.63, 3.8) is 0 Å². The Labute approximate surface area is 102 Å². The van der Waals surface area contributed by atoms with Crippen molar-refractivity contribution < 1.29 is 19.0 Å². The average Bonchev–Trinajstić information content (AvgIpc) is 3.24. The maximum atomic E-state index is 11.9. The molecule has 3 unspecified atom stereocenters. The maximum Gasteiger partial charge on any atom is 0.340 e. The van der Waals surface area contributed by atoms with Gasteiger partial charge in [0.05, 0.1) is 6.61 Å². The molecule has 3 atom stereocenters. The second-order valence-corrected chi connectivity index (χ2v) is 5.60. The van der Waals surface area contributed by atoms with E-state index in [1.165, 1.54) is 32.1 Å². The lowest BCUT2D eigenvalue weighted by Gasteiger charge is -2.20. The van der Waals surface area contributed by atoms with E-state index in [1.54, 1.807) is 0 Å². The lowest BCUT2D eigenvalue weighted by atomic mass is 9.83. The van der Waals surface area contributed by atoms with Crippen LogP contribution in [0.5, 0.6) is 0 Å². The number of ether oxygens (including phenoxy) is 3. The molecule has 0 amide bonds. The number of hydrogen-bond acceptors (Lipinski definition) is 4. The first-order valence-electron chi connectivity index (χ1n) is 6.67. The van der Waals surface area contributed by atoms with Crippen molar-refractivity contribution in [2.75, 3.05) is 13.2 Å². The van der Waals surface area contributed by atoms with Gasteiger partial charge in [-0.05, 0) is 25.7 Å². The van der Waals surface area contributed by atoms with Gasteiger partial charge in [0.1, 0.15) is 18.8 Å². The smallest absolute Gasteiger partial charge is 0.340 e. The molecule has 3 fully saturated rings. The topological polar surface area (TPSA) is 51.4 Å². The highest BCUT2D eigenvalue weighted by atomic mass is 16.7. The third-order valence-electron chi connectivity index (χ3n) is 4.14. The van der Waals surface area contributed by atoms with E-state index in [2.05, 4.69) is 0 Å². The summed E-state index contributed by atoms with van der Waals surface area (Å²) < 4.78 is 15.9. The predicted molar refractivity (Wildman–Crippen MR) is 60.6 cm³/mol. The first-order chi connectivity index (χ1) is 8.20. The fourth-order valence-electron chi connectivity index (χ4n) is 2.85. The van der Waals surface area contributed by atoms with Crippen molar-refractivity contribution in [2.24, 2.45) is 5.92 Å². The van der Waals surface area contributed by atoms with E-state index in [9.17, 15) is 4.79 Å². The molecule has 2 heterocycles. The van der Waals surface area contributed by atoms with Crippen LogP contribution in [0.25, 0.3) is 0 Å². The van der Waals surface area contributed by atoms with Gasteiger partial charge < -0.3 is 14.2 Å². The van der Waals surface area contributed by atoms with Gasteiger partial charge in [-0.25, -0.2) is 4.79 Å². The number of rotatable bonds is 4. The van der Waals surface area contributed by atoms with Gasteiger partial charge >= 0.3 is 5.97 Å². The summed E-state index contributed by atoms with van der Waals surface area (Å²) in [5.41, 5.74) is -0.670. The van der Waals surface area contributed by atoms with Crippen molar-refractivity contribution >= 4 is 5.97 Å². The number of carbonyl (C=O) groups excluding carboxylic acids is 1. The third-order valence-corrected chi connectivity index (χ3v) is 4.14. The molecule has 96 valence electrons. The summed E-state index contributed by atoms with van der Waals surface area (Å²) in [4.78, 5) is 11.9. The standard InChI is InChI=1S/C13H20O4/c1-13(12(14)16-8-10-7-15-10)11(17-13)9-5-3-2-4-6-9/h9-11H,2-8H2,1H3. The predicted octanol–water partition coefficient (Wildman–Crippen LogP) is 1.67. The Morgan fingerprint density at radius 2 is 2.06 bits per heavy atom. The van der Waals surface area contributed by atoms with Crippen molar-refractivity contribution in [1.29, 1.82) is 0 Å². The molecule has 3 rings (SSSR count). The Balaban J connectivity index is 1.50. The molecule has 0 aromatic heterocycles. The summed E-state index contributed by atoms with van der Waals surface area (Å²) in [5, 5.41) is 0. The van der Waals surface area contributed by atoms with Gasteiger partial charge in [-0.3, -0.25) is 0 Å². The van der Waals surface area contributed by atoms with Gasteiger partial charge in [0, 0.05) is 0 Å². The van der Waals surface area contributed by atoms with Crippen LogP contribution in [0, 0.1) is 5.92 Å². The molecule has 2 saturated heterocycles. The Kier molecular flexibility index (Phi) is 2.87. The van der Waals surface area contributed by atoms with Crippen LogP contribution < -0.4 is 0 Å². The number of carbonyl (C=O) groups is 1. The fraction of sp³-hybridized carbons (Fsp3) is 0.923. The molecule has 1 saturated carbocycles. The largest absolute Gasteiger partial charge is 0.461 e. The normalized spacial score (nSPS) is 41.0. The zero-order valence-corrected chi connectivity index (χ0v) is 10.3. The molecule has 3 aliphatic rings. The summed E-state index contributed by atoms with van der Waals surface area (Å²) in [6, 6.07) is 0. The van der Waals surface area contributed by atoms with Gasteiger partial charge in [-0.2, -0.15) is 0 Å². The van der Waals surface area contributed by atoms with Crippen LogP contribution in [0.4, 0.5) is 0 Å². The van der Waals surface area contributed by atoms with E-state index in [-0.39, 0.29) is 18.2 Å². The van der Waals surface area contributed by atoms with Gasteiger partial charge in [-0.15, -0.1) is 0 Å². The molecule has 0 radical (unpaired) electrons. The van der Waals surface area contributed by atoms with Crippen LogP contribution in [-0.4, -0.2) is 37.0 Å². The van der Waals surface area contributed by atoms with E-state index in [4.69, 9.17) is 14.2 Å². The molecule has 4 nitrogen and oxygen atoms in total. The quantitative estimate of drug-likeness (QED) is 0.554.